The van der Waals surface area contributed by atoms with Gasteiger partial charge in [0.15, 0.2) is 0 Å². The molecule has 2 aromatic heterocycles. The second-order valence-electron chi connectivity index (χ2n) is 4.87. The summed E-state index contributed by atoms with van der Waals surface area (Å²) >= 11 is 0. The summed E-state index contributed by atoms with van der Waals surface area (Å²) in [5, 5.41) is 7.81. The van der Waals surface area contributed by atoms with Gasteiger partial charge in [0, 0.05) is 37.7 Å². The number of nitrogens with one attached hydrogen (secondary N) is 1. The summed E-state index contributed by atoms with van der Waals surface area (Å²) < 4.78 is 4.24. The number of hydrogen-bond donors (Lipinski definition) is 1. The van der Waals surface area contributed by atoms with E-state index < -0.39 is 0 Å². The van der Waals surface area contributed by atoms with Crippen LogP contribution in [0, 0.1) is 13.8 Å². The van der Waals surface area contributed by atoms with E-state index in [4.69, 9.17) is 0 Å². The first-order valence-electron chi connectivity index (χ1n) is 6.96. The third-order valence-electron chi connectivity index (χ3n) is 3.12. The lowest BCUT2D eigenvalue weighted by atomic mass is 10.4. The molecule has 0 fully saturated rings. The van der Waals surface area contributed by atoms with Gasteiger partial charge >= 0.3 is 0 Å². The Morgan fingerprint density at radius 2 is 2.11 bits per heavy atom. The first-order chi connectivity index (χ1) is 9.20. The van der Waals surface area contributed by atoms with E-state index in [9.17, 15) is 0 Å². The van der Waals surface area contributed by atoms with E-state index in [2.05, 4.69) is 44.6 Å². The van der Waals surface area contributed by atoms with Gasteiger partial charge in [-0.1, -0.05) is 6.92 Å². The molecule has 0 atom stereocenters. The van der Waals surface area contributed by atoms with Gasteiger partial charge in [0.05, 0.1) is 5.69 Å². The molecule has 0 amide bonds. The Labute approximate surface area is 114 Å². The van der Waals surface area contributed by atoms with Crippen molar-refractivity contribution in [3.8, 4) is 0 Å². The Bertz CT molecular complexity index is 512. The second kappa shape index (κ2) is 6.41. The molecule has 0 saturated carbocycles. The highest BCUT2D eigenvalue weighted by Crippen LogP contribution is 2.07. The van der Waals surface area contributed by atoms with Crippen molar-refractivity contribution in [1.29, 1.82) is 0 Å². The molecule has 5 heteroatoms. The van der Waals surface area contributed by atoms with Crippen LogP contribution in [0.1, 0.15) is 31.2 Å². The van der Waals surface area contributed by atoms with Gasteiger partial charge in [-0.25, -0.2) is 4.98 Å². The molecule has 5 nitrogen and oxygen atoms in total. The Balaban J connectivity index is 1.85. The van der Waals surface area contributed by atoms with Crippen LogP contribution in [-0.2, 0) is 13.1 Å². The monoisotopic (exact) mass is 261 g/mol. The quantitative estimate of drug-likeness (QED) is 0.833. The number of imidazole rings is 1. The maximum absolute atomic E-state index is 4.48. The Hall–Kier alpha value is -1.78. The largest absolute Gasteiger partial charge is 0.356 e. The van der Waals surface area contributed by atoms with Crippen LogP contribution < -0.4 is 5.32 Å². The highest BCUT2D eigenvalue weighted by molar-refractivity contribution is 5.25. The lowest BCUT2D eigenvalue weighted by Crippen LogP contribution is -2.10. The molecule has 2 rings (SSSR count). The normalized spacial score (nSPS) is 10.9. The van der Waals surface area contributed by atoms with Crippen molar-refractivity contribution >= 4 is 5.95 Å². The van der Waals surface area contributed by atoms with Crippen molar-refractivity contribution in [3.63, 3.8) is 0 Å². The molecule has 0 bridgehead atoms. The van der Waals surface area contributed by atoms with Crippen LogP contribution in [0.15, 0.2) is 18.5 Å². The smallest absolute Gasteiger partial charge is 0.202 e. The van der Waals surface area contributed by atoms with E-state index in [0.29, 0.717) is 0 Å². The SMILES string of the molecule is CCCNc1nccn1CCCn1nc(C)cc1C. The van der Waals surface area contributed by atoms with Crippen LogP contribution in [0.3, 0.4) is 0 Å². The van der Waals surface area contributed by atoms with Crippen molar-refractivity contribution in [2.75, 3.05) is 11.9 Å². The molecular weight excluding hydrogens is 238 g/mol. The van der Waals surface area contributed by atoms with Gasteiger partial charge in [-0.05, 0) is 32.8 Å². The molecule has 0 aliphatic heterocycles. The summed E-state index contributed by atoms with van der Waals surface area (Å²) in [4.78, 5) is 4.33. The topological polar surface area (TPSA) is 47.7 Å². The van der Waals surface area contributed by atoms with E-state index in [1.165, 1.54) is 5.69 Å². The number of aromatic nitrogens is 4. The molecule has 19 heavy (non-hydrogen) atoms. The van der Waals surface area contributed by atoms with E-state index >= 15 is 0 Å². The van der Waals surface area contributed by atoms with Gasteiger partial charge in [-0.3, -0.25) is 4.68 Å². The molecule has 2 aromatic rings. The molecule has 0 spiro atoms. The van der Waals surface area contributed by atoms with Crippen LogP contribution in [0.5, 0.6) is 0 Å². The van der Waals surface area contributed by atoms with Gasteiger partial charge in [-0.15, -0.1) is 0 Å². The summed E-state index contributed by atoms with van der Waals surface area (Å²) in [5.74, 6) is 0.968. The van der Waals surface area contributed by atoms with Gasteiger partial charge in [-0.2, -0.15) is 5.10 Å². The van der Waals surface area contributed by atoms with Gasteiger partial charge < -0.3 is 9.88 Å². The van der Waals surface area contributed by atoms with E-state index in [0.717, 1.165) is 44.1 Å². The van der Waals surface area contributed by atoms with Crippen LogP contribution in [-0.4, -0.2) is 25.9 Å². The lowest BCUT2D eigenvalue weighted by molar-refractivity contribution is 0.518. The zero-order chi connectivity index (χ0) is 13.7. The molecule has 0 unspecified atom stereocenters. The van der Waals surface area contributed by atoms with Gasteiger partial charge in [0.2, 0.25) is 5.95 Å². The third kappa shape index (κ3) is 3.59. The van der Waals surface area contributed by atoms with Crippen LogP contribution in [0.2, 0.25) is 0 Å². The van der Waals surface area contributed by atoms with E-state index in [1.807, 2.05) is 19.3 Å². The Morgan fingerprint density at radius 3 is 2.79 bits per heavy atom. The van der Waals surface area contributed by atoms with Crippen LogP contribution in [0.25, 0.3) is 0 Å². The highest BCUT2D eigenvalue weighted by Gasteiger charge is 2.03. The Kier molecular flexibility index (Phi) is 4.60. The molecule has 0 saturated heterocycles. The molecule has 104 valence electrons. The predicted octanol–water partition coefficient (Wildman–Crippen LogP) is 2.61. The number of anilines is 1. The van der Waals surface area contributed by atoms with Crippen molar-refractivity contribution in [3.05, 3.63) is 29.8 Å². The maximum atomic E-state index is 4.48. The molecule has 1 N–H and O–H groups in total. The van der Waals surface area contributed by atoms with Crippen LogP contribution in [0.4, 0.5) is 5.95 Å². The summed E-state index contributed by atoms with van der Waals surface area (Å²) in [7, 11) is 0. The van der Waals surface area contributed by atoms with E-state index in [-0.39, 0.29) is 0 Å². The van der Waals surface area contributed by atoms with Gasteiger partial charge in [0.1, 0.15) is 0 Å². The number of nitrogens with zero attached hydrogens (tertiary/aromatic N) is 4. The van der Waals surface area contributed by atoms with Crippen molar-refractivity contribution in [2.45, 2.75) is 46.7 Å². The summed E-state index contributed by atoms with van der Waals surface area (Å²) in [6.07, 6.45) is 6.04. The first-order valence-corrected chi connectivity index (χ1v) is 6.96. The second-order valence-corrected chi connectivity index (χ2v) is 4.87. The minimum Gasteiger partial charge on any atom is -0.356 e. The standard InChI is InChI=1S/C14H23N5/c1-4-6-15-14-16-7-10-18(14)8-5-9-19-13(3)11-12(2)17-19/h7,10-11H,4-6,8-9H2,1-3H3,(H,15,16). The fourth-order valence-corrected chi connectivity index (χ4v) is 2.19. The Morgan fingerprint density at radius 1 is 1.26 bits per heavy atom. The van der Waals surface area contributed by atoms with E-state index in [1.54, 1.807) is 0 Å². The number of aryl methyl sites for hydroxylation is 4. The van der Waals surface area contributed by atoms with Crippen molar-refractivity contribution in [1.82, 2.24) is 19.3 Å². The minimum absolute atomic E-state index is 0.949. The van der Waals surface area contributed by atoms with Crippen LogP contribution >= 0.6 is 0 Å². The third-order valence-corrected chi connectivity index (χ3v) is 3.12. The first kappa shape index (κ1) is 13.6. The average molecular weight is 261 g/mol. The van der Waals surface area contributed by atoms with Crippen molar-refractivity contribution < 1.29 is 0 Å². The van der Waals surface area contributed by atoms with Crippen molar-refractivity contribution in [2.24, 2.45) is 0 Å². The maximum Gasteiger partial charge on any atom is 0.202 e. The molecule has 0 aromatic carbocycles. The minimum atomic E-state index is 0.949. The number of hydrogen-bond acceptors (Lipinski definition) is 3. The lowest BCUT2D eigenvalue weighted by Gasteiger charge is -2.09. The molecular formula is C14H23N5. The fourth-order valence-electron chi connectivity index (χ4n) is 2.19. The average Bonchev–Trinajstić information content (AvgIpc) is 2.94. The molecule has 0 aliphatic carbocycles. The van der Waals surface area contributed by atoms with Gasteiger partial charge in [0.25, 0.3) is 0 Å². The molecule has 0 aliphatic rings. The summed E-state index contributed by atoms with van der Waals surface area (Å²) in [5.41, 5.74) is 2.32. The number of rotatable bonds is 7. The zero-order valence-corrected chi connectivity index (χ0v) is 12.1. The fraction of sp³-hybridized carbons (Fsp3) is 0.571. The molecule has 0 radical (unpaired) electrons. The predicted molar refractivity (Wildman–Crippen MR) is 77.3 cm³/mol. The zero-order valence-electron chi connectivity index (χ0n) is 12.1. The highest BCUT2D eigenvalue weighted by atomic mass is 15.3. The summed E-state index contributed by atoms with van der Waals surface area (Å²) in [6, 6.07) is 2.12. The molecule has 2 heterocycles. The summed E-state index contributed by atoms with van der Waals surface area (Å²) in [6.45, 7) is 9.17.